The second-order valence-electron chi connectivity index (χ2n) is 9.79. The molecule has 6 rings (SSSR count). The Morgan fingerprint density at radius 3 is 2.28 bits per heavy atom. The smallest absolute Gasteiger partial charge is 0.390 e. The Morgan fingerprint density at radius 2 is 1.69 bits per heavy atom. The van der Waals surface area contributed by atoms with Crippen LogP contribution in [0.25, 0.3) is 0 Å². The summed E-state index contributed by atoms with van der Waals surface area (Å²) < 4.78 is 39.0. The highest BCUT2D eigenvalue weighted by Gasteiger charge is 2.60. The molecule has 5 aliphatic rings. The molecule has 5 fully saturated rings. The molecule has 158 valence electrons. The molecular weight excluding hydrogens is 381 g/mol. The van der Waals surface area contributed by atoms with Crippen molar-refractivity contribution in [2.45, 2.75) is 50.3 Å². The van der Waals surface area contributed by atoms with E-state index in [9.17, 15) is 23.1 Å². The van der Waals surface area contributed by atoms with Crippen molar-refractivity contribution in [2.24, 2.45) is 17.3 Å². The third-order valence-corrected chi connectivity index (χ3v) is 7.59. The summed E-state index contributed by atoms with van der Waals surface area (Å²) in [5, 5.41) is 10.9. The summed E-state index contributed by atoms with van der Waals surface area (Å²) in [5.41, 5.74) is -1.18. The van der Waals surface area contributed by atoms with Gasteiger partial charge < -0.3 is 14.9 Å². The minimum atomic E-state index is -4.35. The largest absolute Gasteiger partial charge is 0.416 e. The number of alkyl halides is 3. The number of halogens is 3. The summed E-state index contributed by atoms with van der Waals surface area (Å²) in [7, 11) is 0. The Morgan fingerprint density at radius 1 is 1.03 bits per heavy atom. The lowest BCUT2D eigenvalue weighted by atomic mass is 9.47. The van der Waals surface area contributed by atoms with Crippen molar-refractivity contribution in [2.75, 3.05) is 31.1 Å². The molecule has 4 nitrogen and oxygen atoms in total. The molecule has 1 aromatic carbocycles. The summed E-state index contributed by atoms with van der Waals surface area (Å²) >= 11 is 0. The van der Waals surface area contributed by atoms with Crippen LogP contribution >= 0.6 is 0 Å². The molecule has 4 saturated carbocycles. The number of aliphatic hydroxyl groups is 1. The standard InChI is InChI=1S/C22H27F3N2O2/c23-22(24,25)17-2-1-3-18(9-17)26-4-6-27(7-5-26)19(28)20-10-15-8-16(11-20)13-21(29,12-15)14-20/h1-3,9,15-16,29H,4-8,10-14H2. The van der Waals surface area contributed by atoms with E-state index < -0.39 is 22.8 Å². The normalized spacial score (nSPS) is 36.6. The zero-order valence-electron chi connectivity index (χ0n) is 16.4. The van der Waals surface area contributed by atoms with Gasteiger partial charge in [-0.05, 0) is 68.6 Å². The molecule has 4 aliphatic carbocycles. The molecule has 1 saturated heterocycles. The number of amides is 1. The SMILES string of the molecule is O=C(N1CCN(c2cccc(C(F)(F)F)c2)CC1)C12CC3CC(CC(O)(C3)C1)C2. The molecule has 2 unspecified atom stereocenters. The van der Waals surface area contributed by atoms with Gasteiger partial charge in [-0.2, -0.15) is 13.2 Å². The van der Waals surface area contributed by atoms with Crippen LogP contribution < -0.4 is 4.90 Å². The number of piperazine rings is 1. The second-order valence-corrected chi connectivity index (χ2v) is 9.79. The van der Waals surface area contributed by atoms with Gasteiger partial charge in [0.05, 0.1) is 16.6 Å². The van der Waals surface area contributed by atoms with Gasteiger partial charge in [0, 0.05) is 31.9 Å². The Hall–Kier alpha value is -1.76. The first-order chi connectivity index (χ1) is 13.7. The number of hydrogen-bond acceptors (Lipinski definition) is 3. The fraction of sp³-hybridized carbons (Fsp3) is 0.682. The van der Waals surface area contributed by atoms with Crippen molar-refractivity contribution in [3.8, 4) is 0 Å². The Balaban J connectivity index is 1.27. The van der Waals surface area contributed by atoms with Crippen LogP contribution in [0.5, 0.6) is 0 Å². The number of carbonyl (C=O) groups is 1. The maximum absolute atomic E-state index is 13.5. The van der Waals surface area contributed by atoms with Gasteiger partial charge in [0.15, 0.2) is 0 Å². The van der Waals surface area contributed by atoms with Gasteiger partial charge in [0.25, 0.3) is 0 Å². The van der Waals surface area contributed by atoms with E-state index in [2.05, 4.69) is 0 Å². The quantitative estimate of drug-likeness (QED) is 0.812. The molecule has 1 amide bonds. The van der Waals surface area contributed by atoms with Crippen LogP contribution in [0.3, 0.4) is 0 Å². The fourth-order valence-corrected chi connectivity index (χ4v) is 6.85. The highest BCUT2D eigenvalue weighted by Crippen LogP contribution is 2.62. The number of hydrogen-bond donors (Lipinski definition) is 1. The molecular formula is C22H27F3N2O2. The van der Waals surface area contributed by atoms with E-state index in [0.29, 0.717) is 50.1 Å². The molecule has 0 radical (unpaired) electrons. The second kappa shape index (κ2) is 6.37. The van der Waals surface area contributed by atoms with E-state index in [0.717, 1.165) is 38.2 Å². The van der Waals surface area contributed by atoms with Crippen LogP contribution in [0, 0.1) is 17.3 Å². The lowest BCUT2D eigenvalue weighted by Crippen LogP contribution is -2.62. The number of carbonyl (C=O) groups excluding carboxylic acids is 1. The first-order valence-electron chi connectivity index (χ1n) is 10.6. The van der Waals surface area contributed by atoms with Gasteiger partial charge in [-0.25, -0.2) is 0 Å². The molecule has 1 N–H and O–H groups in total. The van der Waals surface area contributed by atoms with Crippen molar-refractivity contribution in [1.29, 1.82) is 0 Å². The molecule has 4 bridgehead atoms. The first kappa shape index (κ1) is 19.2. The number of nitrogens with zero attached hydrogens (tertiary/aromatic N) is 2. The molecule has 7 heteroatoms. The summed E-state index contributed by atoms with van der Waals surface area (Å²) in [6.07, 6.45) is 0.813. The first-order valence-corrected chi connectivity index (χ1v) is 10.6. The Labute approximate surface area is 168 Å². The van der Waals surface area contributed by atoms with Crippen LogP contribution in [0.1, 0.15) is 44.1 Å². The third kappa shape index (κ3) is 3.31. The lowest BCUT2D eigenvalue weighted by Gasteiger charge is -2.60. The van der Waals surface area contributed by atoms with E-state index >= 15 is 0 Å². The summed E-state index contributed by atoms with van der Waals surface area (Å²) in [6.45, 7) is 2.09. The number of benzene rings is 1. The molecule has 1 aromatic rings. The van der Waals surface area contributed by atoms with E-state index in [-0.39, 0.29) is 5.91 Å². The molecule has 1 heterocycles. The average molecular weight is 408 g/mol. The third-order valence-electron chi connectivity index (χ3n) is 7.59. The van der Waals surface area contributed by atoms with E-state index in [4.69, 9.17) is 0 Å². The average Bonchev–Trinajstić information content (AvgIpc) is 2.65. The predicted molar refractivity (Wildman–Crippen MR) is 102 cm³/mol. The molecule has 0 spiro atoms. The lowest BCUT2D eigenvalue weighted by molar-refractivity contribution is -0.186. The van der Waals surface area contributed by atoms with Crippen molar-refractivity contribution in [3.05, 3.63) is 29.8 Å². The van der Waals surface area contributed by atoms with E-state index in [1.165, 1.54) is 12.1 Å². The zero-order chi connectivity index (χ0) is 20.4. The van der Waals surface area contributed by atoms with Gasteiger partial charge in [-0.3, -0.25) is 4.79 Å². The minimum absolute atomic E-state index is 0.161. The topological polar surface area (TPSA) is 43.8 Å². The zero-order valence-corrected chi connectivity index (χ0v) is 16.4. The highest BCUT2D eigenvalue weighted by molar-refractivity contribution is 5.84. The fourth-order valence-electron chi connectivity index (χ4n) is 6.85. The summed E-state index contributed by atoms with van der Waals surface area (Å²) in [6, 6.07) is 5.40. The van der Waals surface area contributed by atoms with Gasteiger partial charge in [0.2, 0.25) is 5.91 Å². The monoisotopic (exact) mass is 408 g/mol. The molecule has 1 aliphatic heterocycles. The van der Waals surface area contributed by atoms with Crippen LogP contribution in [0.4, 0.5) is 18.9 Å². The van der Waals surface area contributed by atoms with Gasteiger partial charge >= 0.3 is 6.18 Å². The van der Waals surface area contributed by atoms with Crippen LogP contribution in [0.2, 0.25) is 0 Å². The maximum Gasteiger partial charge on any atom is 0.416 e. The van der Waals surface area contributed by atoms with E-state index in [1.807, 2.05) is 9.80 Å². The molecule has 0 aromatic heterocycles. The van der Waals surface area contributed by atoms with Crippen LogP contribution in [-0.2, 0) is 11.0 Å². The van der Waals surface area contributed by atoms with Crippen molar-refractivity contribution in [3.63, 3.8) is 0 Å². The number of rotatable bonds is 2. The summed E-state index contributed by atoms with van der Waals surface area (Å²) in [4.78, 5) is 17.3. The summed E-state index contributed by atoms with van der Waals surface area (Å²) in [5.74, 6) is 1.07. The van der Waals surface area contributed by atoms with Crippen LogP contribution in [0.15, 0.2) is 24.3 Å². The Kier molecular flexibility index (Phi) is 4.22. The van der Waals surface area contributed by atoms with Crippen LogP contribution in [-0.4, -0.2) is 47.7 Å². The van der Waals surface area contributed by atoms with Crippen molar-refractivity contribution >= 4 is 11.6 Å². The predicted octanol–water partition coefficient (Wildman–Crippen LogP) is 3.69. The Bertz CT molecular complexity index is 803. The number of anilines is 1. The van der Waals surface area contributed by atoms with Crippen molar-refractivity contribution < 1.29 is 23.1 Å². The van der Waals surface area contributed by atoms with Gasteiger partial charge in [0.1, 0.15) is 0 Å². The van der Waals surface area contributed by atoms with E-state index in [1.54, 1.807) is 6.07 Å². The minimum Gasteiger partial charge on any atom is -0.390 e. The van der Waals surface area contributed by atoms with Gasteiger partial charge in [-0.15, -0.1) is 0 Å². The molecule has 2 atom stereocenters. The molecule has 29 heavy (non-hydrogen) atoms. The van der Waals surface area contributed by atoms with Crippen molar-refractivity contribution in [1.82, 2.24) is 4.90 Å². The van der Waals surface area contributed by atoms with Gasteiger partial charge in [-0.1, -0.05) is 6.07 Å². The maximum atomic E-state index is 13.5. The highest BCUT2D eigenvalue weighted by atomic mass is 19.4.